The minimum Gasteiger partial charge on any atom is -0.351 e. The molecule has 0 unspecified atom stereocenters. The maximum absolute atomic E-state index is 12.3. The molecule has 0 amide bonds. The first kappa shape index (κ1) is 16.5. The van der Waals surface area contributed by atoms with Crippen LogP contribution in [0.1, 0.15) is 49.6 Å². The first-order chi connectivity index (χ1) is 9.76. The molecular formula is C14H22F3N3S. The van der Waals surface area contributed by atoms with Gasteiger partial charge in [0.25, 0.3) is 0 Å². The monoisotopic (exact) mass is 321 g/mol. The molecule has 1 N–H and O–H groups in total. The average molecular weight is 321 g/mol. The number of rotatable bonds is 7. The zero-order valence-electron chi connectivity index (χ0n) is 12.6. The molecule has 1 aromatic rings. The number of thiazole rings is 1. The van der Waals surface area contributed by atoms with Gasteiger partial charge in [0, 0.05) is 37.0 Å². The predicted octanol–water partition coefficient (Wildman–Crippen LogP) is 3.91. The summed E-state index contributed by atoms with van der Waals surface area (Å²) >= 11 is 1.51. The molecule has 1 aliphatic rings. The van der Waals surface area contributed by atoms with E-state index in [0.717, 1.165) is 25.1 Å². The van der Waals surface area contributed by atoms with E-state index in [4.69, 9.17) is 0 Å². The van der Waals surface area contributed by atoms with Crippen molar-refractivity contribution in [1.82, 2.24) is 10.3 Å². The van der Waals surface area contributed by atoms with E-state index in [1.54, 1.807) is 11.9 Å². The van der Waals surface area contributed by atoms with Gasteiger partial charge in [-0.1, -0.05) is 13.8 Å². The summed E-state index contributed by atoms with van der Waals surface area (Å²) in [6.07, 6.45) is -2.64. The number of hydrogen-bond acceptors (Lipinski definition) is 4. The second-order valence-electron chi connectivity index (χ2n) is 5.90. The fourth-order valence-electron chi connectivity index (χ4n) is 2.00. The van der Waals surface area contributed by atoms with Gasteiger partial charge in [-0.05, 0) is 12.8 Å². The van der Waals surface area contributed by atoms with Gasteiger partial charge in [0.1, 0.15) is 0 Å². The number of nitrogens with one attached hydrogen (secondary N) is 1. The number of hydrogen-bond donors (Lipinski definition) is 1. The van der Waals surface area contributed by atoms with Gasteiger partial charge in [-0.15, -0.1) is 11.3 Å². The molecule has 0 spiro atoms. The summed E-state index contributed by atoms with van der Waals surface area (Å²) in [6, 6.07) is 0.380. The number of aromatic nitrogens is 1. The van der Waals surface area contributed by atoms with Crippen molar-refractivity contribution >= 4 is 16.5 Å². The van der Waals surface area contributed by atoms with Gasteiger partial charge in [-0.2, -0.15) is 13.2 Å². The molecule has 120 valence electrons. The lowest BCUT2D eigenvalue weighted by Crippen LogP contribution is -2.23. The zero-order valence-corrected chi connectivity index (χ0v) is 13.4. The molecule has 1 saturated carbocycles. The van der Waals surface area contributed by atoms with Gasteiger partial charge in [0.2, 0.25) is 0 Å². The molecule has 0 atom stereocenters. The molecular weight excluding hydrogens is 299 g/mol. The Bertz CT molecular complexity index is 467. The van der Waals surface area contributed by atoms with Gasteiger partial charge >= 0.3 is 6.18 Å². The molecule has 7 heteroatoms. The lowest BCUT2D eigenvalue weighted by molar-refractivity contribution is -0.132. The molecule has 0 radical (unpaired) electrons. The van der Waals surface area contributed by atoms with E-state index in [1.165, 1.54) is 16.2 Å². The molecule has 1 fully saturated rings. The summed E-state index contributed by atoms with van der Waals surface area (Å²) < 4.78 is 36.9. The quantitative estimate of drug-likeness (QED) is 0.825. The highest BCUT2D eigenvalue weighted by atomic mass is 32.1. The van der Waals surface area contributed by atoms with E-state index in [1.807, 2.05) is 0 Å². The second kappa shape index (κ2) is 6.52. The zero-order chi connectivity index (χ0) is 15.6. The highest BCUT2D eigenvalue weighted by Crippen LogP contribution is 2.44. The Morgan fingerprint density at radius 2 is 2.05 bits per heavy atom. The van der Waals surface area contributed by atoms with Crippen molar-refractivity contribution in [2.45, 2.75) is 57.8 Å². The second-order valence-corrected chi connectivity index (χ2v) is 6.96. The molecule has 1 aromatic heterocycles. The van der Waals surface area contributed by atoms with Crippen LogP contribution in [0.3, 0.4) is 0 Å². The fraction of sp³-hybridized carbons (Fsp3) is 0.786. The van der Waals surface area contributed by atoms with Crippen LogP contribution in [0.15, 0.2) is 0 Å². The van der Waals surface area contributed by atoms with Crippen molar-refractivity contribution in [3.63, 3.8) is 0 Å². The number of halogens is 3. The third kappa shape index (κ3) is 5.14. The largest absolute Gasteiger partial charge is 0.390 e. The van der Waals surface area contributed by atoms with E-state index in [-0.39, 0.29) is 6.54 Å². The van der Waals surface area contributed by atoms with Crippen LogP contribution in [-0.2, 0) is 6.54 Å². The van der Waals surface area contributed by atoms with Crippen molar-refractivity contribution in [3.8, 4) is 0 Å². The van der Waals surface area contributed by atoms with Crippen molar-refractivity contribution in [2.24, 2.45) is 0 Å². The van der Waals surface area contributed by atoms with Gasteiger partial charge in [0.05, 0.1) is 12.1 Å². The molecule has 1 heterocycles. The van der Waals surface area contributed by atoms with Crippen LogP contribution in [0.5, 0.6) is 0 Å². The van der Waals surface area contributed by atoms with E-state index >= 15 is 0 Å². The lowest BCUT2D eigenvalue weighted by Gasteiger charge is -2.16. The number of alkyl halides is 3. The Hall–Kier alpha value is -0.820. The molecule has 0 bridgehead atoms. The van der Waals surface area contributed by atoms with Crippen LogP contribution in [-0.4, -0.2) is 30.8 Å². The normalized spacial score (nSPS) is 15.8. The summed E-state index contributed by atoms with van der Waals surface area (Å²) in [7, 11) is 1.68. The predicted molar refractivity (Wildman–Crippen MR) is 80.0 cm³/mol. The van der Waals surface area contributed by atoms with Gasteiger partial charge in [-0.3, -0.25) is 0 Å². The van der Waals surface area contributed by atoms with Crippen molar-refractivity contribution in [1.29, 1.82) is 0 Å². The van der Waals surface area contributed by atoms with Crippen LogP contribution in [0.4, 0.5) is 18.3 Å². The Balaban J connectivity index is 2.04. The van der Waals surface area contributed by atoms with Crippen molar-refractivity contribution in [3.05, 3.63) is 10.6 Å². The van der Waals surface area contributed by atoms with Crippen molar-refractivity contribution < 1.29 is 13.2 Å². The van der Waals surface area contributed by atoms with Crippen LogP contribution >= 0.6 is 11.3 Å². The summed E-state index contributed by atoms with van der Waals surface area (Å²) in [6.45, 7) is 4.86. The average Bonchev–Trinajstić information content (AvgIpc) is 3.13. The van der Waals surface area contributed by atoms with E-state index < -0.39 is 12.6 Å². The van der Waals surface area contributed by atoms with Crippen LogP contribution in [0, 0.1) is 0 Å². The SMILES string of the molecule is CC(C)NCc1sc(N(C)CCC(F)(F)F)nc1C1CC1. The fourth-order valence-corrected chi connectivity index (χ4v) is 3.09. The molecule has 1 aliphatic carbocycles. The summed E-state index contributed by atoms with van der Waals surface area (Å²) in [5, 5.41) is 4.06. The van der Waals surface area contributed by atoms with Gasteiger partial charge in [-0.25, -0.2) is 4.98 Å². The summed E-state index contributed by atoms with van der Waals surface area (Å²) in [5.74, 6) is 0.509. The third-order valence-corrected chi connectivity index (χ3v) is 4.59. The van der Waals surface area contributed by atoms with Crippen LogP contribution in [0.25, 0.3) is 0 Å². The molecule has 0 aliphatic heterocycles. The van der Waals surface area contributed by atoms with Gasteiger partial charge in [0.15, 0.2) is 5.13 Å². The minimum absolute atomic E-state index is 0.0435. The van der Waals surface area contributed by atoms with Crippen molar-refractivity contribution in [2.75, 3.05) is 18.5 Å². The maximum Gasteiger partial charge on any atom is 0.390 e. The highest BCUT2D eigenvalue weighted by molar-refractivity contribution is 7.15. The van der Waals surface area contributed by atoms with E-state index in [2.05, 4.69) is 24.1 Å². The Morgan fingerprint density at radius 3 is 2.57 bits per heavy atom. The topological polar surface area (TPSA) is 28.2 Å². The molecule has 0 saturated heterocycles. The molecule has 2 rings (SSSR count). The first-order valence-electron chi connectivity index (χ1n) is 7.27. The molecule has 21 heavy (non-hydrogen) atoms. The number of anilines is 1. The summed E-state index contributed by atoms with van der Waals surface area (Å²) in [5.41, 5.74) is 1.09. The van der Waals surface area contributed by atoms with Crippen LogP contribution < -0.4 is 10.2 Å². The highest BCUT2D eigenvalue weighted by Gasteiger charge is 2.31. The Morgan fingerprint density at radius 1 is 1.38 bits per heavy atom. The molecule has 3 nitrogen and oxygen atoms in total. The van der Waals surface area contributed by atoms with E-state index in [0.29, 0.717) is 17.1 Å². The van der Waals surface area contributed by atoms with Gasteiger partial charge < -0.3 is 10.2 Å². The Labute approximate surface area is 127 Å². The Kier molecular flexibility index (Phi) is 5.14. The summed E-state index contributed by atoms with van der Waals surface area (Å²) in [4.78, 5) is 7.37. The smallest absolute Gasteiger partial charge is 0.351 e. The minimum atomic E-state index is -4.12. The standard InChI is InChI=1S/C14H22F3N3S/c1-9(2)18-8-11-12(10-4-5-10)19-13(21-11)20(3)7-6-14(15,16)17/h9-10,18H,4-8H2,1-3H3. The lowest BCUT2D eigenvalue weighted by atomic mass is 10.2. The maximum atomic E-state index is 12.3. The number of nitrogens with zero attached hydrogens (tertiary/aromatic N) is 2. The third-order valence-electron chi connectivity index (χ3n) is 3.41. The van der Waals surface area contributed by atoms with E-state index in [9.17, 15) is 13.2 Å². The van der Waals surface area contributed by atoms with Crippen LogP contribution in [0.2, 0.25) is 0 Å². The molecule has 0 aromatic carbocycles. The first-order valence-corrected chi connectivity index (χ1v) is 8.09.